The number of hydrogen-bond donors (Lipinski definition) is 1. The molecule has 0 aliphatic carbocycles. The summed E-state index contributed by atoms with van der Waals surface area (Å²) in [5, 5.41) is 10.3. The normalized spacial score (nSPS) is 21.6. The van der Waals surface area contributed by atoms with E-state index in [-0.39, 0.29) is 0 Å². The van der Waals surface area contributed by atoms with E-state index in [0.29, 0.717) is 11.1 Å². The number of rotatable bonds is 4. The summed E-state index contributed by atoms with van der Waals surface area (Å²) in [5.74, 6) is 0. The van der Waals surface area contributed by atoms with Crippen molar-refractivity contribution in [2.45, 2.75) is 31.9 Å². The van der Waals surface area contributed by atoms with Gasteiger partial charge in [0.1, 0.15) is 0 Å². The summed E-state index contributed by atoms with van der Waals surface area (Å²) in [4.78, 5) is 4.62. The Morgan fingerprint density at radius 2 is 2.26 bits per heavy atom. The lowest BCUT2D eigenvalue weighted by Gasteiger charge is -2.28. The lowest BCUT2D eigenvalue weighted by atomic mass is 10.1. The molecule has 1 unspecified atom stereocenters. The molecule has 1 aromatic carbocycles. The molecule has 2 rings (SSSR count). The summed E-state index contributed by atoms with van der Waals surface area (Å²) in [7, 11) is 4.26. The molecule has 1 aromatic rings. The van der Waals surface area contributed by atoms with Gasteiger partial charge in [0, 0.05) is 19.6 Å². The van der Waals surface area contributed by atoms with E-state index >= 15 is 0 Å². The van der Waals surface area contributed by atoms with Gasteiger partial charge in [0.2, 0.25) is 0 Å². The second kappa shape index (κ2) is 6.12. The molecule has 1 N–H and O–H groups in total. The van der Waals surface area contributed by atoms with Gasteiger partial charge in [-0.2, -0.15) is 0 Å². The van der Waals surface area contributed by atoms with E-state index in [9.17, 15) is 5.11 Å². The number of likely N-dealkylation sites (tertiary alicyclic amines) is 1. The van der Waals surface area contributed by atoms with Crippen LogP contribution in [0.4, 0.5) is 5.69 Å². The van der Waals surface area contributed by atoms with E-state index in [0.717, 1.165) is 17.8 Å². The number of benzene rings is 1. The van der Waals surface area contributed by atoms with Gasteiger partial charge >= 0.3 is 0 Å². The number of aliphatic hydroxyl groups is 1. The molecule has 0 saturated carbocycles. The number of aliphatic hydroxyl groups excluding tert-OH is 1. The van der Waals surface area contributed by atoms with Crippen molar-refractivity contribution < 1.29 is 5.11 Å². The number of nitrogens with zero attached hydrogens (tertiary/aromatic N) is 2. The van der Waals surface area contributed by atoms with Gasteiger partial charge in [-0.05, 0) is 51.1 Å². The zero-order valence-corrected chi connectivity index (χ0v) is 12.7. The molecule has 106 valence electrons. The highest BCUT2D eigenvalue weighted by atomic mass is 35.5. The molecule has 19 heavy (non-hydrogen) atoms. The Balaban J connectivity index is 2.08. The van der Waals surface area contributed by atoms with Gasteiger partial charge in [0.25, 0.3) is 0 Å². The molecule has 0 bridgehead atoms. The second-order valence-electron chi connectivity index (χ2n) is 5.54. The molecule has 1 saturated heterocycles. The first kappa shape index (κ1) is 14.6. The van der Waals surface area contributed by atoms with Crippen LogP contribution in [-0.2, 0) is 0 Å². The molecule has 1 aliphatic rings. The Morgan fingerprint density at radius 1 is 1.53 bits per heavy atom. The zero-order chi connectivity index (χ0) is 14.0. The van der Waals surface area contributed by atoms with Crippen LogP contribution in [-0.4, -0.2) is 43.2 Å². The second-order valence-corrected chi connectivity index (χ2v) is 5.95. The minimum atomic E-state index is -0.474. The van der Waals surface area contributed by atoms with Crippen LogP contribution < -0.4 is 4.90 Å². The highest BCUT2D eigenvalue weighted by molar-refractivity contribution is 6.33. The fraction of sp³-hybridized carbons (Fsp3) is 0.600. The summed E-state index contributed by atoms with van der Waals surface area (Å²) >= 11 is 6.32. The van der Waals surface area contributed by atoms with Crippen molar-refractivity contribution in [2.75, 3.05) is 32.1 Å². The fourth-order valence-electron chi connectivity index (χ4n) is 2.72. The van der Waals surface area contributed by atoms with E-state index in [1.807, 2.05) is 18.2 Å². The van der Waals surface area contributed by atoms with Gasteiger partial charge in [-0.3, -0.25) is 0 Å². The number of hydrogen-bond acceptors (Lipinski definition) is 3. The molecular formula is C15H23ClN2O. The third-order valence-corrected chi connectivity index (χ3v) is 4.32. The van der Waals surface area contributed by atoms with Crippen LogP contribution >= 0.6 is 11.6 Å². The van der Waals surface area contributed by atoms with E-state index < -0.39 is 6.10 Å². The predicted octanol–water partition coefficient (Wildman–Crippen LogP) is 2.92. The Labute approximate surface area is 120 Å². The first-order chi connectivity index (χ1) is 8.99. The van der Waals surface area contributed by atoms with Gasteiger partial charge in [-0.25, -0.2) is 0 Å². The van der Waals surface area contributed by atoms with Crippen molar-refractivity contribution in [3.8, 4) is 0 Å². The smallest absolute Gasteiger partial charge is 0.0762 e. The first-order valence-corrected chi connectivity index (χ1v) is 7.25. The summed E-state index contributed by atoms with van der Waals surface area (Å²) in [6.07, 6.45) is 2.06. The van der Waals surface area contributed by atoms with Crippen LogP contribution in [0.1, 0.15) is 31.4 Å². The maximum Gasteiger partial charge on any atom is 0.0762 e. The van der Waals surface area contributed by atoms with Crippen LogP contribution in [0.15, 0.2) is 18.2 Å². The maximum absolute atomic E-state index is 9.56. The van der Waals surface area contributed by atoms with Gasteiger partial charge < -0.3 is 14.9 Å². The summed E-state index contributed by atoms with van der Waals surface area (Å²) in [6, 6.07) is 6.41. The average molecular weight is 283 g/mol. The Kier molecular flexibility index (Phi) is 4.71. The van der Waals surface area contributed by atoms with Crippen LogP contribution in [0.5, 0.6) is 0 Å². The quantitative estimate of drug-likeness (QED) is 0.920. The lowest BCUT2D eigenvalue weighted by Crippen LogP contribution is -2.36. The summed E-state index contributed by atoms with van der Waals surface area (Å²) in [5.41, 5.74) is 1.89. The first-order valence-electron chi connectivity index (χ1n) is 6.88. The van der Waals surface area contributed by atoms with E-state index in [1.165, 1.54) is 19.4 Å². The molecule has 2 atom stereocenters. The minimum Gasteiger partial charge on any atom is -0.389 e. The third kappa shape index (κ3) is 3.41. The molecule has 0 spiro atoms. The minimum absolute atomic E-state index is 0.474. The fourth-order valence-corrected chi connectivity index (χ4v) is 3.05. The average Bonchev–Trinajstić information content (AvgIpc) is 2.74. The molecule has 0 aromatic heterocycles. The number of likely N-dealkylation sites (N-methyl/N-ethyl adjacent to an activating group) is 2. The highest BCUT2D eigenvalue weighted by Crippen LogP contribution is 2.29. The summed E-state index contributed by atoms with van der Waals surface area (Å²) < 4.78 is 0. The van der Waals surface area contributed by atoms with Crippen molar-refractivity contribution in [1.82, 2.24) is 4.90 Å². The molecule has 3 nitrogen and oxygen atoms in total. The van der Waals surface area contributed by atoms with Crippen LogP contribution in [0, 0.1) is 0 Å². The van der Waals surface area contributed by atoms with Gasteiger partial charge in [-0.15, -0.1) is 0 Å². The standard InChI is InChI=1S/C15H23ClN2O/c1-11(19)12-6-7-15(14(16)9-12)18(3)10-13-5-4-8-17(13)2/h6-7,9,11,13,19H,4-5,8,10H2,1-3H3/t11-,13?/m1/s1. The van der Waals surface area contributed by atoms with Gasteiger partial charge in [0.05, 0.1) is 16.8 Å². The largest absolute Gasteiger partial charge is 0.389 e. The van der Waals surface area contributed by atoms with Crippen molar-refractivity contribution in [3.05, 3.63) is 28.8 Å². The molecule has 0 amide bonds. The third-order valence-electron chi connectivity index (χ3n) is 4.02. The van der Waals surface area contributed by atoms with Crippen LogP contribution in [0.25, 0.3) is 0 Å². The SMILES string of the molecule is C[C@@H](O)c1ccc(N(C)CC2CCCN2C)c(Cl)c1. The highest BCUT2D eigenvalue weighted by Gasteiger charge is 2.22. The van der Waals surface area contributed by atoms with Gasteiger partial charge in [-0.1, -0.05) is 17.7 Å². The lowest BCUT2D eigenvalue weighted by molar-refractivity contribution is 0.199. The Hall–Kier alpha value is -0.770. The van der Waals surface area contributed by atoms with Crippen molar-refractivity contribution in [2.24, 2.45) is 0 Å². The zero-order valence-electron chi connectivity index (χ0n) is 11.9. The summed E-state index contributed by atoms with van der Waals surface area (Å²) in [6.45, 7) is 3.93. The Bertz CT molecular complexity index is 436. The predicted molar refractivity (Wildman–Crippen MR) is 81.0 cm³/mol. The van der Waals surface area contributed by atoms with E-state index in [4.69, 9.17) is 11.6 Å². The van der Waals surface area contributed by atoms with Crippen molar-refractivity contribution in [3.63, 3.8) is 0 Å². The van der Waals surface area contributed by atoms with Crippen LogP contribution in [0.3, 0.4) is 0 Å². The van der Waals surface area contributed by atoms with Crippen LogP contribution in [0.2, 0.25) is 5.02 Å². The van der Waals surface area contributed by atoms with Gasteiger partial charge in [0.15, 0.2) is 0 Å². The number of halogens is 1. The monoisotopic (exact) mass is 282 g/mol. The molecule has 1 aliphatic heterocycles. The molecule has 1 fully saturated rings. The maximum atomic E-state index is 9.56. The Morgan fingerprint density at radius 3 is 2.79 bits per heavy atom. The topological polar surface area (TPSA) is 26.7 Å². The number of anilines is 1. The molecule has 4 heteroatoms. The molecular weight excluding hydrogens is 260 g/mol. The van der Waals surface area contributed by atoms with E-state index in [1.54, 1.807) is 6.92 Å². The molecule has 0 radical (unpaired) electrons. The molecule has 1 heterocycles. The van der Waals surface area contributed by atoms with E-state index in [2.05, 4.69) is 23.9 Å². The van der Waals surface area contributed by atoms with Crippen molar-refractivity contribution >= 4 is 17.3 Å². The van der Waals surface area contributed by atoms with Crippen molar-refractivity contribution in [1.29, 1.82) is 0 Å².